The van der Waals surface area contributed by atoms with Crippen molar-refractivity contribution in [3.05, 3.63) is 27.9 Å². The molecule has 2 heterocycles. The van der Waals surface area contributed by atoms with Crippen molar-refractivity contribution < 1.29 is 10.0 Å². The number of pyridine rings is 1. The number of anilines is 1. The van der Waals surface area contributed by atoms with Crippen molar-refractivity contribution >= 4 is 11.5 Å². The summed E-state index contributed by atoms with van der Waals surface area (Å²) < 4.78 is 0. The molecule has 6 heteroatoms. The van der Waals surface area contributed by atoms with Crippen LogP contribution in [0.5, 0.6) is 0 Å². The topological polar surface area (TPSA) is 79.5 Å². The first-order valence-corrected chi connectivity index (χ1v) is 5.47. The van der Waals surface area contributed by atoms with Gasteiger partial charge in [-0.05, 0) is 20.3 Å². The van der Waals surface area contributed by atoms with Gasteiger partial charge >= 0.3 is 0 Å². The van der Waals surface area contributed by atoms with Crippen LogP contribution in [0.4, 0.5) is 11.5 Å². The van der Waals surface area contributed by atoms with Gasteiger partial charge in [-0.3, -0.25) is 10.1 Å². The molecule has 1 N–H and O–H groups in total. The Bertz CT molecular complexity index is 459. The Hall–Kier alpha value is -1.69. The highest BCUT2D eigenvalue weighted by Gasteiger charge is 2.32. The lowest BCUT2D eigenvalue weighted by atomic mass is 10.1. The summed E-state index contributed by atoms with van der Waals surface area (Å²) in [7, 11) is 0. The largest absolute Gasteiger partial charge is 0.388 e. The Balaban J connectivity index is 2.29. The summed E-state index contributed by atoms with van der Waals surface area (Å²) in [6.07, 6.45) is 2.15. The molecule has 0 bridgehead atoms. The SMILES string of the molecule is Cc1cnc(N2CCC(C)(O)C2)cc1[N+](=O)[O-]. The van der Waals surface area contributed by atoms with Gasteiger partial charge in [0.15, 0.2) is 0 Å². The van der Waals surface area contributed by atoms with Crippen molar-refractivity contribution in [1.29, 1.82) is 0 Å². The van der Waals surface area contributed by atoms with Gasteiger partial charge in [0.1, 0.15) is 5.82 Å². The molecule has 6 nitrogen and oxygen atoms in total. The number of rotatable bonds is 2. The van der Waals surface area contributed by atoms with E-state index in [1.54, 1.807) is 13.8 Å². The van der Waals surface area contributed by atoms with Crippen molar-refractivity contribution in [3.63, 3.8) is 0 Å². The van der Waals surface area contributed by atoms with E-state index >= 15 is 0 Å². The van der Waals surface area contributed by atoms with E-state index in [9.17, 15) is 15.2 Å². The van der Waals surface area contributed by atoms with E-state index in [1.807, 2.05) is 4.90 Å². The summed E-state index contributed by atoms with van der Waals surface area (Å²) in [5, 5.41) is 20.7. The predicted octanol–water partition coefficient (Wildman–Crippen LogP) is 1.26. The molecule has 1 aliphatic heterocycles. The van der Waals surface area contributed by atoms with Crippen LogP contribution in [0, 0.1) is 17.0 Å². The maximum Gasteiger partial charge on any atom is 0.277 e. The Labute approximate surface area is 99.0 Å². The van der Waals surface area contributed by atoms with Gasteiger partial charge in [-0.1, -0.05) is 0 Å². The second-order valence-corrected chi connectivity index (χ2v) is 4.75. The number of β-amino-alcohol motifs (C(OH)–C–C–N with tert-alkyl or cyclic N) is 1. The summed E-state index contributed by atoms with van der Waals surface area (Å²) in [6, 6.07) is 1.47. The Morgan fingerprint density at radius 1 is 1.65 bits per heavy atom. The van der Waals surface area contributed by atoms with Crippen LogP contribution in [0.15, 0.2) is 12.3 Å². The van der Waals surface area contributed by atoms with Gasteiger partial charge in [-0.15, -0.1) is 0 Å². The molecule has 0 spiro atoms. The maximum absolute atomic E-state index is 10.8. The molecule has 17 heavy (non-hydrogen) atoms. The lowest BCUT2D eigenvalue weighted by Crippen LogP contribution is -2.30. The highest BCUT2D eigenvalue weighted by atomic mass is 16.6. The fourth-order valence-corrected chi connectivity index (χ4v) is 2.01. The molecule has 1 atom stereocenters. The first kappa shape index (κ1) is 11.8. The second-order valence-electron chi connectivity index (χ2n) is 4.75. The predicted molar refractivity (Wildman–Crippen MR) is 63.1 cm³/mol. The first-order chi connectivity index (χ1) is 7.89. The van der Waals surface area contributed by atoms with Crippen LogP contribution < -0.4 is 4.90 Å². The van der Waals surface area contributed by atoms with Gasteiger partial charge in [-0.2, -0.15) is 0 Å². The number of aryl methyl sites for hydroxylation is 1. The normalized spacial score (nSPS) is 24.1. The standard InChI is InChI=1S/C11H15N3O3/c1-8-6-12-10(5-9(8)14(16)17)13-4-3-11(2,15)7-13/h5-6,15H,3-4,7H2,1-2H3. The molecule has 0 saturated carbocycles. The van der Waals surface area contributed by atoms with Crippen molar-refractivity contribution in [2.75, 3.05) is 18.0 Å². The van der Waals surface area contributed by atoms with Gasteiger partial charge in [-0.25, -0.2) is 4.98 Å². The molecule has 0 radical (unpaired) electrons. The van der Waals surface area contributed by atoms with Gasteiger partial charge in [0.05, 0.1) is 16.6 Å². The van der Waals surface area contributed by atoms with Crippen LogP contribution in [0.3, 0.4) is 0 Å². The minimum absolute atomic E-state index is 0.0709. The molecule has 1 aromatic rings. The van der Waals surface area contributed by atoms with Gasteiger partial charge in [0.25, 0.3) is 5.69 Å². The summed E-state index contributed by atoms with van der Waals surface area (Å²) in [5.74, 6) is 0.556. The van der Waals surface area contributed by atoms with Crippen molar-refractivity contribution in [1.82, 2.24) is 4.98 Å². The average molecular weight is 237 g/mol. The third-order valence-electron chi connectivity index (χ3n) is 3.03. The fourth-order valence-electron chi connectivity index (χ4n) is 2.01. The molecule has 1 unspecified atom stereocenters. The number of hydrogen-bond donors (Lipinski definition) is 1. The minimum atomic E-state index is -0.735. The summed E-state index contributed by atoms with van der Waals surface area (Å²) in [6.45, 7) is 4.55. The molecule has 1 aliphatic rings. The zero-order valence-electron chi connectivity index (χ0n) is 9.88. The third kappa shape index (κ3) is 2.36. The van der Waals surface area contributed by atoms with Crippen molar-refractivity contribution in [2.24, 2.45) is 0 Å². The summed E-state index contributed by atoms with van der Waals surface area (Å²) in [5.41, 5.74) is -0.118. The van der Waals surface area contributed by atoms with E-state index in [0.717, 1.165) is 0 Å². The van der Waals surface area contributed by atoms with E-state index in [1.165, 1.54) is 12.3 Å². The molecule has 92 valence electrons. The van der Waals surface area contributed by atoms with E-state index < -0.39 is 10.5 Å². The zero-order chi connectivity index (χ0) is 12.6. The van der Waals surface area contributed by atoms with Gasteiger partial charge in [0, 0.05) is 24.8 Å². The second kappa shape index (κ2) is 3.96. The lowest BCUT2D eigenvalue weighted by Gasteiger charge is -2.19. The first-order valence-electron chi connectivity index (χ1n) is 5.47. The van der Waals surface area contributed by atoms with Crippen LogP contribution in [0.25, 0.3) is 0 Å². The number of nitrogens with zero attached hydrogens (tertiary/aromatic N) is 3. The fraction of sp³-hybridized carbons (Fsp3) is 0.545. The number of hydrogen-bond acceptors (Lipinski definition) is 5. The maximum atomic E-state index is 10.8. The number of aromatic nitrogens is 1. The van der Waals surface area contributed by atoms with Crippen molar-refractivity contribution in [2.45, 2.75) is 25.9 Å². The molecule has 1 fully saturated rings. The van der Waals surface area contributed by atoms with E-state index in [0.29, 0.717) is 30.9 Å². The van der Waals surface area contributed by atoms with Crippen LogP contribution >= 0.6 is 0 Å². The van der Waals surface area contributed by atoms with Crippen LogP contribution in [0.1, 0.15) is 18.9 Å². The highest BCUT2D eigenvalue weighted by molar-refractivity contribution is 5.51. The minimum Gasteiger partial charge on any atom is -0.388 e. The Morgan fingerprint density at radius 2 is 2.35 bits per heavy atom. The van der Waals surface area contributed by atoms with Crippen LogP contribution in [0.2, 0.25) is 0 Å². The molecule has 1 aromatic heterocycles. The number of nitro groups is 1. The average Bonchev–Trinajstić information content (AvgIpc) is 2.59. The summed E-state index contributed by atoms with van der Waals surface area (Å²) in [4.78, 5) is 16.5. The Morgan fingerprint density at radius 3 is 2.88 bits per heavy atom. The molecule has 0 aliphatic carbocycles. The highest BCUT2D eigenvalue weighted by Crippen LogP contribution is 2.28. The molecule has 0 aromatic carbocycles. The quantitative estimate of drug-likeness (QED) is 0.618. The molecule has 1 saturated heterocycles. The zero-order valence-corrected chi connectivity index (χ0v) is 9.88. The number of aliphatic hydroxyl groups is 1. The van der Waals surface area contributed by atoms with E-state index in [-0.39, 0.29) is 5.69 Å². The molecule has 2 rings (SSSR count). The Kier molecular flexibility index (Phi) is 2.74. The molecule has 0 amide bonds. The van der Waals surface area contributed by atoms with E-state index in [4.69, 9.17) is 0 Å². The van der Waals surface area contributed by atoms with Gasteiger partial charge in [0.2, 0.25) is 0 Å². The molecular formula is C11H15N3O3. The van der Waals surface area contributed by atoms with Crippen LogP contribution in [-0.4, -0.2) is 33.7 Å². The van der Waals surface area contributed by atoms with Crippen molar-refractivity contribution in [3.8, 4) is 0 Å². The van der Waals surface area contributed by atoms with Crippen LogP contribution in [-0.2, 0) is 0 Å². The monoisotopic (exact) mass is 237 g/mol. The summed E-state index contributed by atoms with van der Waals surface area (Å²) >= 11 is 0. The lowest BCUT2D eigenvalue weighted by molar-refractivity contribution is -0.385. The smallest absolute Gasteiger partial charge is 0.277 e. The molecular weight excluding hydrogens is 222 g/mol. The van der Waals surface area contributed by atoms with Gasteiger partial charge < -0.3 is 10.0 Å². The third-order valence-corrected chi connectivity index (χ3v) is 3.03. The van der Waals surface area contributed by atoms with E-state index in [2.05, 4.69) is 4.98 Å².